The highest BCUT2D eigenvalue weighted by Gasteiger charge is 2.36. The van der Waals surface area contributed by atoms with Crippen LogP contribution in [0.15, 0.2) is 95.9 Å². The van der Waals surface area contributed by atoms with E-state index in [1.807, 2.05) is 93.6 Å². The molecule has 1 aliphatic heterocycles. The second-order valence-corrected chi connectivity index (χ2v) is 14.0. The number of anilines is 1. The predicted octanol–water partition coefficient (Wildman–Crippen LogP) is 5.69. The number of benzene rings is 4. The number of ether oxygens (including phenoxy) is 1. The highest BCUT2D eigenvalue weighted by atomic mass is 32.2. The predicted molar refractivity (Wildman–Crippen MR) is 173 cm³/mol. The maximum absolute atomic E-state index is 14.1. The van der Waals surface area contributed by atoms with Gasteiger partial charge in [-0.05, 0) is 68.0 Å². The van der Waals surface area contributed by atoms with Crippen LogP contribution in [0, 0.1) is 0 Å². The van der Waals surface area contributed by atoms with E-state index < -0.39 is 21.6 Å². The molecule has 0 spiro atoms. The zero-order chi connectivity index (χ0) is 31.5. The van der Waals surface area contributed by atoms with Crippen molar-refractivity contribution in [1.29, 1.82) is 0 Å². The van der Waals surface area contributed by atoms with Gasteiger partial charge in [0.15, 0.2) is 0 Å². The highest BCUT2D eigenvalue weighted by molar-refractivity contribution is 7.93. The van der Waals surface area contributed by atoms with E-state index in [1.54, 1.807) is 30.2 Å². The standard InChI is InChI=1S/C35H39N3O5S/c1-35(2,3)36-34(40)30(23-25-12-6-5-7-13-25)37(24-26-14-8-17-28(22-26)43-4)32(39)20-11-21-38-29-18-9-15-27-16-10-19-31(33(27)29)44(38,41)42/h5-10,12-19,22,30H,11,20-21,23-24H2,1-4H3,(H,36,40)/t30-/m0/s1. The van der Waals surface area contributed by atoms with Crippen molar-refractivity contribution in [1.82, 2.24) is 10.2 Å². The van der Waals surface area contributed by atoms with E-state index >= 15 is 0 Å². The molecule has 0 radical (unpaired) electrons. The summed E-state index contributed by atoms with van der Waals surface area (Å²) in [7, 11) is -2.15. The molecule has 0 bridgehead atoms. The molecule has 0 saturated carbocycles. The van der Waals surface area contributed by atoms with Crippen LogP contribution in [0.3, 0.4) is 0 Å². The van der Waals surface area contributed by atoms with Gasteiger partial charge in [0.05, 0.1) is 17.7 Å². The summed E-state index contributed by atoms with van der Waals surface area (Å²) < 4.78 is 33.8. The van der Waals surface area contributed by atoms with Gasteiger partial charge in [0.1, 0.15) is 11.8 Å². The van der Waals surface area contributed by atoms with Crippen LogP contribution in [-0.2, 0) is 32.6 Å². The first-order chi connectivity index (χ1) is 21.0. The van der Waals surface area contributed by atoms with Crippen LogP contribution >= 0.6 is 0 Å². The maximum atomic E-state index is 14.1. The van der Waals surface area contributed by atoms with Gasteiger partial charge >= 0.3 is 0 Å². The van der Waals surface area contributed by atoms with Crippen LogP contribution in [0.4, 0.5) is 5.69 Å². The summed E-state index contributed by atoms with van der Waals surface area (Å²) in [5.41, 5.74) is 1.88. The fraction of sp³-hybridized carbons (Fsp3) is 0.314. The van der Waals surface area contributed by atoms with Crippen LogP contribution in [0.1, 0.15) is 44.7 Å². The molecule has 8 nitrogen and oxygen atoms in total. The minimum Gasteiger partial charge on any atom is -0.497 e. The average molecular weight is 614 g/mol. The Balaban J connectivity index is 1.42. The number of hydrogen-bond acceptors (Lipinski definition) is 5. The van der Waals surface area contributed by atoms with Crippen LogP contribution in [0.25, 0.3) is 10.8 Å². The van der Waals surface area contributed by atoms with Gasteiger partial charge in [-0.1, -0.05) is 66.7 Å². The molecular weight excluding hydrogens is 574 g/mol. The number of sulfonamides is 1. The Hall–Kier alpha value is -4.37. The lowest BCUT2D eigenvalue weighted by Gasteiger charge is -2.34. The Morgan fingerprint density at radius 2 is 1.59 bits per heavy atom. The molecule has 9 heteroatoms. The van der Waals surface area contributed by atoms with Gasteiger partial charge in [-0.25, -0.2) is 8.42 Å². The van der Waals surface area contributed by atoms with E-state index in [-0.39, 0.29) is 37.7 Å². The van der Waals surface area contributed by atoms with Crippen LogP contribution in [0.2, 0.25) is 0 Å². The maximum Gasteiger partial charge on any atom is 0.265 e. The molecule has 0 saturated heterocycles. The first-order valence-electron chi connectivity index (χ1n) is 14.8. The van der Waals surface area contributed by atoms with E-state index in [0.29, 0.717) is 28.1 Å². The lowest BCUT2D eigenvalue weighted by atomic mass is 10.00. The summed E-state index contributed by atoms with van der Waals surface area (Å²) in [6, 6.07) is 27.1. The smallest absolute Gasteiger partial charge is 0.265 e. The highest BCUT2D eigenvalue weighted by Crippen LogP contribution is 2.42. The first kappa shape index (κ1) is 31.1. The van der Waals surface area contributed by atoms with Crippen molar-refractivity contribution in [3.63, 3.8) is 0 Å². The second-order valence-electron chi connectivity index (χ2n) is 12.1. The van der Waals surface area contributed by atoms with E-state index in [2.05, 4.69) is 5.32 Å². The topological polar surface area (TPSA) is 96.0 Å². The minimum absolute atomic E-state index is 0.0659. The lowest BCUT2D eigenvalue weighted by Crippen LogP contribution is -2.54. The summed E-state index contributed by atoms with van der Waals surface area (Å²) in [6.07, 6.45) is 0.683. The van der Waals surface area contributed by atoms with Gasteiger partial charge in [0.2, 0.25) is 11.8 Å². The second kappa shape index (κ2) is 12.7. The average Bonchev–Trinajstić information content (AvgIpc) is 3.21. The largest absolute Gasteiger partial charge is 0.497 e. The zero-order valence-electron chi connectivity index (χ0n) is 25.6. The van der Waals surface area contributed by atoms with Crippen molar-refractivity contribution in [2.24, 2.45) is 0 Å². The van der Waals surface area contributed by atoms with Crippen LogP contribution in [0.5, 0.6) is 5.75 Å². The van der Waals surface area contributed by atoms with Gasteiger partial charge in [-0.2, -0.15) is 0 Å². The van der Waals surface area contributed by atoms with Gasteiger partial charge in [0.25, 0.3) is 10.0 Å². The fourth-order valence-corrected chi connectivity index (χ4v) is 7.44. The van der Waals surface area contributed by atoms with E-state index in [1.165, 1.54) is 4.31 Å². The molecule has 1 aliphatic rings. The van der Waals surface area contributed by atoms with E-state index in [9.17, 15) is 18.0 Å². The fourth-order valence-electron chi connectivity index (χ4n) is 5.69. The number of rotatable bonds is 11. The molecule has 0 aromatic heterocycles. The normalized spacial score (nSPS) is 14.3. The Morgan fingerprint density at radius 1 is 0.909 bits per heavy atom. The number of nitrogens with zero attached hydrogens (tertiary/aromatic N) is 2. The number of amides is 2. The number of carbonyl (C=O) groups is 2. The van der Waals surface area contributed by atoms with Gasteiger partial charge in [-0.15, -0.1) is 0 Å². The molecule has 2 amide bonds. The molecule has 1 heterocycles. The summed E-state index contributed by atoms with van der Waals surface area (Å²) in [4.78, 5) is 29.8. The van der Waals surface area contributed by atoms with Gasteiger partial charge in [0, 0.05) is 36.9 Å². The van der Waals surface area contributed by atoms with Crippen molar-refractivity contribution in [3.05, 3.63) is 102 Å². The Morgan fingerprint density at radius 3 is 2.30 bits per heavy atom. The molecule has 44 heavy (non-hydrogen) atoms. The van der Waals surface area contributed by atoms with Gasteiger partial charge < -0.3 is 15.0 Å². The van der Waals surface area contributed by atoms with Crippen molar-refractivity contribution in [3.8, 4) is 5.75 Å². The van der Waals surface area contributed by atoms with Crippen LogP contribution < -0.4 is 14.4 Å². The number of hydrogen-bond donors (Lipinski definition) is 1. The zero-order valence-corrected chi connectivity index (χ0v) is 26.4. The lowest BCUT2D eigenvalue weighted by molar-refractivity contribution is -0.142. The molecule has 4 aromatic rings. The minimum atomic E-state index is -3.73. The summed E-state index contributed by atoms with van der Waals surface area (Å²) >= 11 is 0. The molecule has 0 unspecified atom stereocenters. The van der Waals surface area contributed by atoms with Crippen molar-refractivity contribution >= 4 is 38.3 Å². The molecular formula is C35H39N3O5S. The van der Waals surface area contributed by atoms with Crippen molar-refractivity contribution in [2.75, 3.05) is 18.0 Å². The molecule has 1 atom stereocenters. The quantitative estimate of drug-likeness (QED) is 0.235. The Kier molecular flexibility index (Phi) is 8.97. The molecule has 230 valence electrons. The summed E-state index contributed by atoms with van der Waals surface area (Å²) in [5, 5.41) is 4.64. The summed E-state index contributed by atoms with van der Waals surface area (Å²) in [6.45, 7) is 6.07. The summed E-state index contributed by atoms with van der Waals surface area (Å²) in [5.74, 6) is 0.175. The third-order valence-corrected chi connectivity index (χ3v) is 9.54. The number of methoxy groups -OCH3 is 1. The SMILES string of the molecule is COc1cccc(CN(C(=O)CCCN2c3cccc4cccc(c34)S2(=O)=O)[C@@H](Cc2ccccc2)C(=O)NC(C)(C)C)c1. The number of nitrogens with one attached hydrogen (secondary N) is 1. The molecule has 0 aliphatic carbocycles. The third kappa shape index (κ3) is 6.73. The van der Waals surface area contributed by atoms with Crippen molar-refractivity contribution < 1.29 is 22.7 Å². The van der Waals surface area contributed by atoms with Gasteiger partial charge in [-0.3, -0.25) is 13.9 Å². The first-order valence-corrected chi connectivity index (χ1v) is 16.2. The van der Waals surface area contributed by atoms with E-state index in [0.717, 1.165) is 16.5 Å². The monoisotopic (exact) mass is 613 g/mol. The third-order valence-electron chi connectivity index (χ3n) is 7.69. The van der Waals surface area contributed by atoms with Crippen LogP contribution in [-0.4, -0.2) is 50.4 Å². The Bertz CT molecular complexity index is 1760. The molecule has 0 fully saturated rings. The Labute approximate surface area is 259 Å². The molecule has 4 aromatic carbocycles. The number of carbonyl (C=O) groups excluding carboxylic acids is 2. The molecule has 5 rings (SSSR count). The molecule has 1 N–H and O–H groups in total. The van der Waals surface area contributed by atoms with Crippen molar-refractivity contribution in [2.45, 2.75) is 63.1 Å². The van der Waals surface area contributed by atoms with E-state index in [4.69, 9.17) is 4.74 Å².